The number of fused-ring (bicyclic) bond motifs is 1. The lowest BCUT2D eigenvalue weighted by molar-refractivity contribution is 0.633. The minimum absolute atomic E-state index is 0.488. The Bertz CT molecular complexity index is 766. The lowest BCUT2D eigenvalue weighted by Crippen LogP contribution is -1.96. The molecule has 0 N–H and O–H groups in total. The van der Waals surface area contributed by atoms with Crippen molar-refractivity contribution in [2.45, 2.75) is 32.1 Å². The highest BCUT2D eigenvalue weighted by molar-refractivity contribution is 6.31. The molecular weight excluding hydrogens is 290 g/mol. The quantitative estimate of drug-likeness (QED) is 0.562. The number of para-hydroxylation sites is 1. The average Bonchev–Trinajstić information content (AvgIpc) is 2.55. The third-order valence-corrected chi connectivity index (χ3v) is 4.53. The molecule has 1 aromatic heterocycles. The van der Waals surface area contributed by atoms with E-state index in [1.165, 1.54) is 16.5 Å². The van der Waals surface area contributed by atoms with Crippen LogP contribution in [0, 0.1) is 0 Å². The topological polar surface area (TPSA) is 12.9 Å². The zero-order chi connectivity index (χ0) is 15.4. The number of hydrogen-bond acceptors (Lipinski definition) is 1. The molecular formula is C20H20ClN. The van der Waals surface area contributed by atoms with Crippen LogP contribution in [0.1, 0.15) is 36.8 Å². The van der Waals surface area contributed by atoms with Crippen LogP contribution in [0.25, 0.3) is 10.9 Å². The van der Waals surface area contributed by atoms with E-state index in [0.29, 0.717) is 5.92 Å². The summed E-state index contributed by atoms with van der Waals surface area (Å²) in [7, 11) is 0. The fraction of sp³-hybridized carbons (Fsp3) is 0.250. The molecule has 0 aliphatic carbocycles. The molecule has 0 amide bonds. The molecule has 0 saturated carbocycles. The maximum absolute atomic E-state index is 6.27. The van der Waals surface area contributed by atoms with Gasteiger partial charge in [0.2, 0.25) is 0 Å². The molecule has 1 heterocycles. The number of rotatable bonds is 5. The highest BCUT2D eigenvalue weighted by atomic mass is 35.5. The SMILES string of the molecule is CC(CCCc1cnc2ccccc2c1)c1ccccc1Cl. The van der Waals surface area contributed by atoms with Gasteiger partial charge >= 0.3 is 0 Å². The maximum Gasteiger partial charge on any atom is 0.0702 e. The first-order chi connectivity index (χ1) is 10.7. The third kappa shape index (κ3) is 3.48. The molecule has 0 aliphatic heterocycles. The van der Waals surface area contributed by atoms with E-state index in [1.54, 1.807) is 0 Å². The first-order valence-electron chi connectivity index (χ1n) is 7.82. The van der Waals surface area contributed by atoms with E-state index >= 15 is 0 Å². The smallest absolute Gasteiger partial charge is 0.0702 e. The van der Waals surface area contributed by atoms with Crippen LogP contribution in [0.5, 0.6) is 0 Å². The molecule has 2 aromatic carbocycles. The van der Waals surface area contributed by atoms with Gasteiger partial charge in [0.15, 0.2) is 0 Å². The third-order valence-electron chi connectivity index (χ3n) is 4.19. The fourth-order valence-electron chi connectivity index (χ4n) is 2.90. The van der Waals surface area contributed by atoms with Gasteiger partial charge in [-0.1, -0.05) is 54.9 Å². The molecule has 112 valence electrons. The van der Waals surface area contributed by atoms with Crippen LogP contribution in [0.3, 0.4) is 0 Å². The first kappa shape index (κ1) is 15.1. The highest BCUT2D eigenvalue weighted by Gasteiger charge is 2.09. The Morgan fingerprint density at radius 1 is 1.05 bits per heavy atom. The minimum Gasteiger partial charge on any atom is -0.256 e. The van der Waals surface area contributed by atoms with Crippen molar-refractivity contribution < 1.29 is 0 Å². The monoisotopic (exact) mass is 309 g/mol. The molecule has 3 aromatic rings. The summed E-state index contributed by atoms with van der Waals surface area (Å²) in [6.07, 6.45) is 5.35. The molecule has 1 unspecified atom stereocenters. The van der Waals surface area contributed by atoms with Gasteiger partial charge in [0.25, 0.3) is 0 Å². The number of aromatic nitrogens is 1. The Morgan fingerprint density at radius 3 is 2.68 bits per heavy atom. The van der Waals surface area contributed by atoms with Crippen molar-refractivity contribution in [3.63, 3.8) is 0 Å². The normalized spacial score (nSPS) is 12.5. The van der Waals surface area contributed by atoms with Crippen molar-refractivity contribution in [3.8, 4) is 0 Å². The summed E-state index contributed by atoms with van der Waals surface area (Å²) in [6, 6.07) is 18.7. The van der Waals surface area contributed by atoms with Gasteiger partial charge in [-0.05, 0) is 54.5 Å². The van der Waals surface area contributed by atoms with Gasteiger partial charge in [-0.2, -0.15) is 0 Å². The summed E-state index contributed by atoms with van der Waals surface area (Å²) in [4.78, 5) is 4.53. The van der Waals surface area contributed by atoms with Crippen molar-refractivity contribution in [1.82, 2.24) is 4.98 Å². The number of pyridine rings is 1. The summed E-state index contributed by atoms with van der Waals surface area (Å²) in [6.45, 7) is 2.25. The van der Waals surface area contributed by atoms with Gasteiger partial charge < -0.3 is 0 Å². The minimum atomic E-state index is 0.488. The molecule has 1 atom stereocenters. The maximum atomic E-state index is 6.27. The van der Waals surface area contributed by atoms with Crippen LogP contribution in [0.15, 0.2) is 60.8 Å². The van der Waals surface area contributed by atoms with E-state index in [0.717, 1.165) is 29.8 Å². The average molecular weight is 310 g/mol. The second kappa shape index (κ2) is 6.93. The van der Waals surface area contributed by atoms with Gasteiger partial charge in [-0.3, -0.25) is 4.98 Å². The van der Waals surface area contributed by atoms with Gasteiger partial charge in [0.05, 0.1) is 5.52 Å². The summed E-state index contributed by atoms with van der Waals surface area (Å²) < 4.78 is 0. The Labute approximate surface area is 137 Å². The molecule has 22 heavy (non-hydrogen) atoms. The first-order valence-corrected chi connectivity index (χ1v) is 8.20. The molecule has 0 spiro atoms. The Morgan fingerprint density at radius 2 is 1.82 bits per heavy atom. The lowest BCUT2D eigenvalue weighted by atomic mass is 9.94. The second-order valence-electron chi connectivity index (χ2n) is 5.85. The molecule has 2 heteroatoms. The molecule has 3 rings (SSSR count). The van der Waals surface area contributed by atoms with Crippen molar-refractivity contribution in [3.05, 3.63) is 76.9 Å². The predicted octanol–water partition coefficient (Wildman–Crippen LogP) is 6.01. The van der Waals surface area contributed by atoms with Crippen LogP contribution < -0.4 is 0 Å². The Balaban J connectivity index is 1.61. The van der Waals surface area contributed by atoms with Gasteiger partial charge in [0, 0.05) is 16.6 Å². The standard InChI is InChI=1S/C20H20ClN/c1-15(18-10-3-4-11-19(18)21)7-6-8-16-13-17-9-2-5-12-20(17)22-14-16/h2-5,9-15H,6-8H2,1H3. The van der Waals surface area contributed by atoms with E-state index < -0.39 is 0 Å². The van der Waals surface area contributed by atoms with E-state index in [4.69, 9.17) is 11.6 Å². The largest absolute Gasteiger partial charge is 0.256 e. The van der Waals surface area contributed by atoms with Crippen molar-refractivity contribution in [2.24, 2.45) is 0 Å². The molecule has 0 saturated heterocycles. The number of nitrogens with zero attached hydrogens (tertiary/aromatic N) is 1. The number of halogens is 1. The van der Waals surface area contributed by atoms with Crippen molar-refractivity contribution in [2.75, 3.05) is 0 Å². The van der Waals surface area contributed by atoms with Crippen LogP contribution >= 0.6 is 11.6 Å². The number of aryl methyl sites for hydroxylation is 1. The predicted molar refractivity (Wildman–Crippen MR) is 94.5 cm³/mol. The molecule has 0 bridgehead atoms. The Kier molecular flexibility index (Phi) is 4.74. The highest BCUT2D eigenvalue weighted by Crippen LogP contribution is 2.28. The fourth-order valence-corrected chi connectivity index (χ4v) is 3.22. The van der Waals surface area contributed by atoms with Crippen molar-refractivity contribution in [1.29, 1.82) is 0 Å². The van der Waals surface area contributed by atoms with Gasteiger partial charge in [-0.25, -0.2) is 0 Å². The Hall–Kier alpha value is -1.86. The zero-order valence-electron chi connectivity index (χ0n) is 12.8. The van der Waals surface area contributed by atoms with E-state index in [1.807, 2.05) is 24.4 Å². The van der Waals surface area contributed by atoms with E-state index in [2.05, 4.69) is 48.3 Å². The summed E-state index contributed by atoms with van der Waals surface area (Å²) >= 11 is 6.27. The van der Waals surface area contributed by atoms with Crippen LogP contribution in [0.2, 0.25) is 5.02 Å². The van der Waals surface area contributed by atoms with E-state index in [-0.39, 0.29) is 0 Å². The zero-order valence-corrected chi connectivity index (χ0v) is 13.6. The molecule has 0 fully saturated rings. The summed E-state index contributed by atoms with van der Waals surface area (Å²) in [5.74, 6) is 0.488. The van der Waals surface area contributed by atoms with Gasteiger partial charge in [-0.15, -0.1) is 0 Å². The van der Waals surface area contributed by atoms with Crippen molar-refractivity contribution >= 4 is 22.5 Å². The van der Waals surface area contributed by atoms with Gasteiger partial charge in [0.1, 0.15) is 0 Å². The van der Waals surface area contributed by atoms with E-state index in [9.17, 15) is 0 Å². The van der Waals surface area contributed by atoms with Crippen LogP contribution in [-0.4, -0.2) is 4.98 Å². The lowest BCUT2D eigenvalue weighted by Gasteiger charge is -2.13. The summed E-state index contributed by atoms with van der Waals surface area (Å²) in [5.41, 5.74) is 3.63. The summed E-state index contributed by atoms with van der Waals surface area (Å²) in [5, 5.41) is 2.10. The number of benzene rings is 2. The second-order valence-corrected chi connectivity index (χ2v) is 6.26. The number of hydrogen-bond donors (Lipinski definition) is 0. The van der Waals surface area contributed by atoms with Crippen LogP contribution in [-0.2, 0) is 6.42 Å². The van der Waals surface area contributed by atoms with Crippen LogP contribution in [0.4, 0.5) is 0 Å². The molecule has 1 nitrogen and oxygen atoms in total. The molecule has 0 aliphatic rings. The molecule has 0 radical (unpaired) electrons.